The number of anilines is 1. The highest BCUT2D eigenvalue weighted by atomic mass is 32.2. The molecule has 32 heavy (non-hydrogen) atoms. The Bertz CT molecular complexity index is 1130. The normalized spacial score (nSPS) is 19.1. The van der Waals surface area contributed by atoms with E-state index in [0.29, 0.717) is 48.5 Å². The number of benzene rings is 1. The van der Waals surface area contributed by atoms with Gasteiger partial charge in [0.2, 0.25) is 10.0 Å². The number of fused-ring (bicyclic) bond motifs is 1. The van der Waals surface area contributed by atoms with Crippen LogP contribution in [0.25, 0.3) is 0 Å². The second-order valence-electron chi connectivity index (χ2n) is 7.99. The van der Waals surface area contributed by atoms with Gasteiger partial charge < -0.3 is 14.8 Å². The van der Waals surface area contributed by atoms with E-state index in [4.69, 9.17) is 9.47 Å². The molecule has 170 valence electrons. The maximum Gasteiger partial charge on any atom is 0.262 e. The summed E-state index contributed by atoms with van der Waals surface area (Å²) in [5, 5.41) is 12.9. The summed E-state index contributed by atoms with van der Waals surface area (Å²) in [5.41, 5.74) is 1.62. The van der Waals surface area contributed by atoms with Gasteiger partial charge in [0, 0.05) is 18.0 Å². The van der Waals surface area contributed by atoms with Gasteiger partial charge in [-0.1, -0.05) is 6.92 Å². The van der Waals surface area contributed by atoms with Crippen LogP contribution in [0.2, 0.25) is 0 Å². The maximum atomic E-state index is 12.7. The van der Waals surface area contributed by atoms with Crippen molar-refractivity contribution in [3.05, 3.63) is 40.3 Å². The zero-order valence-electron chi connectivity index (χ0n) is 17.8. The number of hydrogen-bond acceptors (Lipinski definition) is 7. The zero-order chi connectivity index (χ0) is 22.7. The quantitative estimate of drug-likeness (QED) is 0.688. The lowest BCUT2D eigenvalue weighted by atomic mass is 9.89. The number of nitrogens with one attached hydrogen (secondary N) is 1. The average Bonchev–Trinajstić information content (AvgIpc) is 3.14. The van der Waals surface area contributed by atoms with Crippen molar-refractivity contribution >= 4 is 32.3 Å². The number of hydrogen-bond donors (Lipinski definition) is 1. The molecule has 0 spiro atoms. The predicted molar refractivity (Wildman–Crippen MR) is 120 cm³/mol. The van der Waals surface area contributed by atoms with Gasteiger partial charge in [-0.3, -0.25) is 4.79 Å². The highest BCUT2D eigenvalue weighted by Crippen LogP contribution is 2.39. The van der Waals surface area contributed by atoms with E-state index in [9.17, 15) is 18.5 Å². The van der Waals surface area contributed by atoms with Crippen molar-refractivity contribution in [2.45, 2.75) is 31.1 Å². The predicted octanol–water partition coefficient (Wildman–Crippen LogP) is 2.78. The van der Waals surface area contributed by atoms with Gasteiger partial charge >= 0.3 is 0 Å². The largest absolute Gasteiger partial charge is 0.484 e. The van der Waals surface area contributed by atoms with Crippen molar-refractivity contribution in [1.29, 1.82) is 5.26 Å². The molecular formula is C22H25N3O5S2. The summed E-state index contributed by atoms with van der Waals surface area (Å²) in [6, 6.07) is 8.24. The third-order valence-electron chi connectivity index (χ3n) is 5.68. The zero-order valence-corrected chi connectivity index (χ0v) is 19.4. The molecule has 1 fully saturated rings. The summed E-state index contributed by atoms with van der Waals surface area (Å²) in [6.07, 6.45) is 2.84. The van der Waals surface area contributed by atoms with Crippen molar-refractivity contribution < 1.29 is 22.7 Å². The number of ether oxygens (including phenoxy) is 2. The van der Waals surface area contributed by atoms with E-state index in [1.807, 2.05) is 0 Å². The molecule has 0 radical (unpaired) electrons. The fraction of sp³-hybridized carbons (Fsp3) is 0.455. The Morgan fingerprint density at radius 2 is 2.03 bits per heavy atom. The van der Waals surface area contributed by atoms with Crippen LogP contribution in [0.1, 0.15) is 29.3 Å². The topological polar surface area (TPSA) is 109 Å². The Balaban J connectivity index is 1.36. The van der Waals surface area contributed by atoms with Crippen LogP contribution in [-0.4, -0.2) is 51.5 Å². The summed E-state index contributed by atoms with van der Waals surface area (Å²) in [7, 11) is -3.57. The molecular weight excluding hydrogens is 450 g/mol. The van der Waals surface area contributed by atoms with Crippen LogP contribution < -0.4 is 10.1 Å². The first-order valence-corrected chi connectivity index (χ1v) is 12.8. The van der Waals surface area contributed by atoms with Gasteiger partial charge in [0.25, 0.3) is 5.91 Å². The number of carbonyl (C=O) groups is 1. The Morgan fingerprint density at radius 1 is 1.31 bits per heavy atom. The summed E-state index contributed by atoms with van der Waals surface area (Å²) in [4.78, 5) is 13.8. The molecule has 0 bridgehead atoms. The minimum Gasteiger partial charge on any atom is -0.484 e. The number of sulfonamides is 1. The third-order valence-corrected chi connectivity index (χ3v) is 8.76. The number of amides is 1. The molecule has 1 aromatic heterocycles. The Morgan fingerprint density at radius 3 is 2.72 bits per heavy atom. The molecule has 2 aromatic rings. The van der Waals surface area contributed by atoms with Crippen LogP contribution in [0.15, 0.2) is 29.2 Å². The highest BCUT2D eigenvalue weighted by molar-refractivity contribution is 7.89. The van der Waals surface area contributed by atoms with Crippen LogP contribution in [0, 0.1) is 17.2 Å². The van der Waals surface area contributed by atoms with Gasteiger partial charge in [-0.15, -0.1) is 11.3 Å². The molecule has 1 atom stereocenters. The molecule has 1 saturated heterocycles. The van der Waals surface area contributed by atoms with E-state index in [2.05, 4.69) is 18.3 Å². The number of nitriles is 1. The van der Waals surface area contributed by atoms with Gasteiger partial charge in [-0.05, 0) is 55.0 Å². The molecule has 2 aliphatic rings. The Labute approximate surface area is 191 Å². The summed E-state index contributed by atoms with van der Waals surface area (Å²) in [5.74, 6) is 0.605. The van der Waals surface area contributed by atoms with Crippen molar-refractivity contribution in [1.82, 2.24) is 4.31 Å². The fourth-order valence-corrected chi connectivity index (χ4v) is 6.70. The van der Waals surface area contributed by atoms with Gasteiger partial charge in [-0.2, -0.15) is 9.57 Å². The van der Waals surface area contributed by atoms with Gasteiger partial charge in [0.1, 0.15) is 16.8 Å². The van der Waals surface area contributed by atoms with E-state index in [0.717, 1.165) is 24.8 Å². The first-order valence-electron chi connectivity index (χ1n) is 10.5. The lowest BCUT2D eigenvalue weighted by Crippen LogP contribution is -2.40. The number of thiophene rings is 1. The second kappa shape index (κ2) is 9.58. The van der Waals surface area contributed by atoms with Crippen molar-refractivity contribution in [2.75, 3.05) is 38.2 Å². The van der Waals surface area contributed by atoms with Crippen molar-refractivity contribution in [3.63, 3.8) is 0 Å². The molecule has 1 amide bonds. The average molecular weight is 476 g/mol. The van der Waals surface area contributed by atoms with Crippen LogP contribution in [0.5, 0.6) is 5.75 Å². The van der Waals surface area contributed by atoms with E-state index < -0.39 is 10.0 Å². The minimum atomic E-state index is -3.57. The number of carbonyl (C=O) groups excluding carboxylic acids is 1. The van der Waals surface area contributed by atoms with E-state index in [1.165, 1.54) is 44.8 Å². The summed E-state index contributed by atoms with van der Waals surface area (Å²) in [6.45, 7) is 3.38. The molecule has 1 aliphatic heterocycles. The second-order valence-corrected chi connectivity index (χ2v) is 11.0. The van der Waals surface area contributed by atoms with E-state index >= 15 is 0 Å². The number of morpholine rings is 1. The van der Waals surface area contributed by atoms with Crippen LogP contribution in [0.3, 0.4) is 0 Å². The Hall–Kier alpha value is -2.45. The molecule has 4 rings (SSSR count). The maximum absolute atomic E-state index is 12.7. The van der Waals surface area contributed by atoms with Gasteiger partial charge in [-0.25, -0.2) is 8.42 Å². The van der Waals surface area contributed by atoms with Crippen LogP contribution in [-0.2, 0) is 32.4 Å². The molecule has 10 heteroatoms. The lowest BCUT2D eigenvalue weighted by molar-refractivity contribution is -0.118. The van der Waals surface area contributed by atoms with Crippen molar-refractivity contribution in [2.24, 2.45) is 5.92 Å². The molecule has 0 saturated carbocycles. The standard InChI is InChI=1S/C22H25N3O5S2/c1-15-2-7-18-19(13-23)22(31-20(18)12-15)24-21(26)14-30-16-3-5-17(6-4-16)32(27,28)25-8-10-29-11-9-25/h3-6,15H,2,7-12,14H2,1H3,(H,24,26). The molecule has 1 aliphatic carbocycles. The SMILES string of the molecule is CC1CCc2c(sc(NC(=O)COc3ccc(S(=O)(=O)N4CCOCC4)cc3)c2C#N)C1. The smallest absolute Gasteiger partial charge is 0.262 e. The van der Waals surface area contributed by atoms with Crippen LogP contribution in [0.4, 0.5) is 5.00 Å². The lowest BCUT2D eigenvalue weighted by Gasteiger charge is -2.26. The first kappa shape index (κ1) is 22.7. The fourth-order valence-electron chi connectivity index (χ4n) is 3.91. The molecule has 1 aromatic carbocycles. The van der Waals surface area contributed by atoms with Gasteiger partial charge in [0.15, 0.2) is 6.61 Å². The third kappa shape index (κ3) is 4.81. The minimum absolute atomic E-state index is 0.174. The number of nitrogens with zero attached hydrogens (tertiary/aromatic N) is 2. The van der Waals surface area contributed by atoms with E-state index in [-0.39, 0.29) is 17.4 Å². The molecule has 8 nitrogen and oxygen atoms in total. The molecule has 1 N–H and O–H groups in total. The summed E-state index contributed by atoms with van der Waals surface area (Å²) >= 11 is 1.47. The van der Waals surface area contributed by atoms with Gasteiger partial charge in [0.05, 0.1) is 23.7 Å². The van der Waals surface area contributed by atoms with E-state index in [1.54, 1.807) is 0 Å². The van der Waals surface area contributed by atoms with Crippen LogP contribution >= 0.6 is 11.3 Å². The Kier molecular flexibility index (Phi) is 6.81. The highest BCUT2D eigenvalue weighted by Gasteiger charge is 2.27. The molecule has 1 unspecified atom stereocenters. The number of rotatable bonds is 6. The van der Waals surface area contributed by atoms with Crippen molar-refractivity contribution in [3.8, 4) is 11.8 Å². The monoisotopic (exact) mass is 475 g/mol. The molecule has 2 heterocycles. The first-order chi connectivity index (χ1) is 15.4. The summed E-state index contributed by atoms with van der Waals surface area (Å²) < 4.78 is 37.5.